The molecule has 0 radical (unpaired) electrons. The Labute approximate surface area is 108 Å². The minimum Gasteiger partial charge on any atom is -0.383 e. The standard InChI is InChI=1S/C12H20ClN3O/c1-9(2)16(6-7-17-3)12-11(13)10(8-14)4-5-15-12/h4-5,9H,6-8,14H2,1-3H3. The molecule has 1 aromatic rings. The van der Waals surface area contributed by atoms with Gasteiger partial charge in [-0.15, -0.1) is 0 Å². The van der Waals surface area contributed by atoms with E-state index in [-0.39, 0.29) is 0 Å². The molecular weight excluding hydrogens is 238 g/mol. The van der Waals surface area contributed by atoms with E-state index in [0.29, 0.717) is 24.2 Å². The van der Waals surface area contributed by atoms with Crippen LogP contribution in [0.2, 0.25) is 5.02 Å². The third kappa shape index (κ3) is 3.56. The molecule has 0 atom stereocenters. The summed E-state index contributed by atoms with van der Waals surface area (Å²) in [6.07, 6.45) is 1.74. The molecule has 0 aliphatic carbocycles. The number of hydrogen-bond donors (Lipinski definition) is 1. The van der Waals surface area contributed by atoms with Crippen molar-refractivity contribution in [2.24, 2.45) is 5.73 Å². The molecule has 1 heterocycles. The van der Waals surface area contributed by atoms with Gasteiger partial charge in [-0.1, -0.05) is 11.6 Å². The van der Waals surface area contributed by atoms with Crippen LogP contribution in [0, 0.1) is 0 Å². The molecule has 96 valence electrons. The van der Waals surface area contributed by atoms with E-state index in [9.17, 15) is 0 Å². The van der Waals surface area contributed by atoms with Crippen LogP contribution in [0.1, 0.15) is 19.4 Å². The number of pyridine rings is 1. The molecule has 5 heteroatoms. The number of nitrogens with two attached hydrogens (primary N) is 1. The van der Waals surface area contributed by atoms with Gasteiger partial charge in [0.15, 0.2) is 0 Å². The Morgan fingerprint density at radius 2 is 2.24 bits per heavy atom. The molecule has 0 aromatic carbocycles. The first-order valence-corrected chi connectivity index (χ1v) is 6.08. The van der Waals surface area contributed by atoms with E-state index in [1.807, 2.05) is 6.07 Å². The van der Waals surface area contributed by atoms with Gasteiger partial charge in [-0.25, -0.2) is 4.98 Å². The Bertz CT molecular complexity index is 358. The summed E-state index contributed by atoms with van der Waals surface area (Å²) in [6, 6.07) is 2.16. The molecule has 17 heavy (non-hydrogen) atoms. The summed E-state index contributed by atoms with van der Waals surface area (Å²) in [5.41, 5.74) is 6.56. The lowest BCUT2D eigenvalue weighted by Crippen LogP contribution is -2.34. The molecule has 4 nitrogen and oxygen atoms in total. The molecule has 1 rings (SSSR count). The van der Waals surface area contributed by atoms with Gasteiger partial charge < -0.3 is 15.4 Å². The maximum atomic E-state index is 6.30. The molecule has 0 amide bonds. The zero-order chi connectivity index (χ0) is 12.8. The van der Waals surface area contributed by atoms with Crippen LogP contribution in [0.15, 0.2) is 12.3 Å². The predicted octanol–water partition coefficient (Wildman–Crippen LogP) is 2.05. The Morgan fingerprint density at radius 3 is 2.76 bits per heavy atom. The van der Waals surface area contributed by atoms with Gasteiger partial charge in [0.25, 0.3) is 0 Å². The van der Waals surface area contributed by atoms with Crippen LogP contribution in [-0.2, 0) is 11.3 Å². The normalized spacial score (nSPS) is 10.9. The molecule has 0 aliphatic rings. The number of anilines is 1. The van der Waals surface area contributed by atoms with Gasteiger partial charge in [0.1, 0.15) is 5.82 Å². The minimum atomic E-state index is 0.308. The number of rotatable bonds is 6. The van der Waals surface area contributed by atoms with Gasteiger partial charge in [0.2, 0.25) is 0 Å². The molecule has 0 unspecified atom stereocenters. The summed E-state index contributed by atoms with van der Waals surface area (Å²) in [5, 5.41) is 0.639. The number of nitrogens with zero attached hydrogens (tertiary/aromatic N) is 2. The summed E-state index contributed by atoms with van der Waals surface area (Å²) >= 11 is 6.30. The highest BCUT2D eigenvalue weighted by molar-refractivity contribution is 6.33. The zero-order valence-corrected chi connectivity index (χ0v) is 11.4. The van der Waals surface area contributed by atoms with Gasteiger partial charge >= 0.3 is 0 Å². The fourth-order valence-corrected chi connectivity index (χ4v) is 1.92. The average Bonchev–Trinajstić information content (AvgIpc) is 2.31. The van der Waals surface area contributed by atoms with Crippen molar-refractivity contribution in [3.63, 3.8) is 0 Å². The van der Waals surface area contributed by atoms with Crippen LogP contribution < -0.4 is 10.6 Å². The largest absolute Gasteiger partial charge is 0.383 e. The SMILES string of the molecule is COCCN(c1nccc(CN)c1Cl)C(C)C. The van der Waals surface area contributed by atoms with Crippen molar-refractivity contribution in [1.29, 1.82) is 0 Å². The van der Waals surface area contributed by atoms with Crippen LogP contribution in [0.25, 0.3) is 0 Å². The molecule has 0 aliphatic heterocycles. The summed E-state index contributed by atoms with van der Waals surface area (Å²) in [4.78, 5) is 6.46. The van der Waals surface area contributed by atoms with E-state index in [2.05, 4.69) is 23.7 Å². The average molecular weight is 258 g/mol. The number of halogens is 1. The molecule has 0 spiro atoms. The topological polar surface area (TPSA) is 51.4 Å². The Hall–Kier alpha value is -0.840. The lowest BCUT2D eigenvalue weighted by atomic mass is 10.2. The number of hydrogen-bond acceptors (Lipinski definition) is 4. The van der Waals surface area contributed by atoms with Gasteiger partial charge in [0.05, 0.1) is 11.6 Å². The molecular formula is C12H20ClN3O. The van der Waals surface area contributed by atoms with Crippen molar-refractivity contribution in [2.75, 3.05) is 25.2 Å². The predicted molar refractivity (Wildman–Crippen MR) is 71.5 cm³/mol. The quantitative estimate of drug-likeness (QED) is 0.848. The third-order valence-corrected chi connectivity index (χ3v) is 3.01. The minimum absolute atomic E-state index is 0.308. The number of ether oxygens (including phenoxy) is 1. The van der Waals surface area contributed by atoms with Crippen molar-refractivity contribution >= 4 is 17.4 Å². The molecule has 1 aromatic heterocycles. The fraction of sp³-hybridized carbons (Fsp3) is 0.583. The lowest BCUT2D eigenvalue weighted by molar-refractivity contribution is 0.203. The van der Waals surface area contributed by atoms with Gasteiger partial charge in [0, 0.05) is 32.4 Å². The van der Waals surface area contributed by atoms with E-state index < -0.39 is 0 Å². The molecule has 2 N–H and O–H groups in total. The molecule has 0 bridgehead atoms. The van der Waals surface area contributed by atoms with E-state index in [1.165, 1.54) is 0 Å². The molecule has 0 saturated heterocycles. The Morgan fingerprint density at radius 1 is 1.53 bits per heavy atom. The van der Waals surface area contributed by atoms with Crippen LogP contribution in [0.4, 0.5) is 5.82 Å². The monoisotopic (exact) mass is 257 g/mol. The van der Waals surface area contributed by atoms with Gasteiger partial charge in [-0.05, 0) is 25.5 Å². The summed E-state index contributed by atoms with van der Waals surface area (Å²) in [7, 11) is 1.68. The first kappa shape index (κ1) is 14.2. The van der Waals surface area contributed by atoms with Gasteiger partial charge in [-0.2, -0.15) is 0 Å². The van der Waals surface area contributed by atoms with Crippen LogP contribution in [0.5, 0.6) is 0 Å². The smallest absolute Gasteiger partial charge is 0.147 e. The van der Waals surface area contributed by atoms with Crippen molar-refractivity contribution < 1.29 is 4.74 Å². The first-order valence-electron chi connectivity index (χ1n) is 5.70. The van der Waals surface area contributed by atoms with Crippen molar-refractivity contribution in [1.82, 2.24) is 4.98 Å². The zero-order valence-electron chi connectivity index (χ0n) is 10.6. The molecule has 0 fully saturated rings. The van der Waals surface area contributed by atoms with Crippen molar-refractivity contribution in [3.05, 3.63) is 22.8 Å². The highest BCUT2D eigenvalue weighted by Gasteiger charge is 2.16. The highest BCUT2D eigenvalue weighted by atomic mass is 35.5. The van der Waals surface area contributed by atoms with E-state index in [0.717, 1.165) is 17.9 Å². The maximum Gasteiger partial charge on any atom is 0.147 e. The van der Waals surface area contributed by atoms with E-state index in [1.54, 1.807) is 13.3 Å². The van der Waals surface area contributed by atoms with Crippen molar-refractivity contribution in [3.8, 4) is 0 Å². The second-order valence-electron chi connectivity index (χ2n) is 4.09. The summed E-state index contributed by atoms with van der Waals surface area (Å²) < 4.78 is 5.10. The van der Waals surface area contributed by atoms with E-state index in [4.69, 9.17) is 22.1 Å². The van der Waals surface area contributed by atoms with Crippen molar-refractivity contribution in [2.45, 2.75) is 26.4 Å². The summed E-state index contributed by atoms with van der Waals surface area (Å²) in [6.45, 7) is 6.02. The highest BCUT2D eigenvalue weighted by Crippen LogP contribution is 2.27. The third-order valence-electron chi connectivity index (χ3n) is 2.60. The second-order valence-corrected chi connectivity index (χ2v) is 4.47. The Kier molecular flexibility index (Phi) is 5.68. The second kappa shape index (κ2) is 6.79. The molecule has 0 saturated carbocycles. The lowest BCUT2D eigenvalue weighted by Gasteiger charge is -2.28. The fourth-order valence-electron chi connectivity index (χ4n) is 1.63. The first-order chi connectivity index (χ1) is 8.11. The maximum absolute atomic E-state index is 6.30. The number of methoxy groups -OCH3 is 1. The van der Waals surface area contributed by atoms with Crippen LogP contribution in [0.3, 0.4) is 0 Å². The van der Waals surface area contributed by atoms with Crippen LogP contribution in [-0.4, -0.2) is 31.3 Å². The van der Waals surface area contributed by atoms with Gasteiger partial charge in [-0.3, -0.25) is 0 Å². The van der Waals surface area contributed by atoms with E-state index >= 15 is 0 Å². The number of aromatic nitrogens is 1. The summed E-state index contributed by atoms with van der Waals surface area (Å²) in [5.74, 6) is 0.779. The Balaban J connectivity index is 3.01. The van der Waals surface area contributed by atoms with Crippen LogP contribution >= 0.6 is 11.6 Å².